The van der Waals surface area contributed by atoms with Crippen molar-refractivity contribution in [3.63, 3.8) is 0 Å². The molecule has 25 heavy (non-hydrogen) atoms. The van der Waals surface area contributed by atoms with E-state index in [4.69, 9.17) is 0 Å². The van der Waals surface area contributed by atoms with Gasteiger partial charge in [0.2, 0.25) is 0 Å². The summed E-state index contributed by atoms with van der Waals surface area (Å²) in [7, 11) is 0. The fourth-order valence-electron chi connectivity index (χ4n) is 2.94. The second-order valence-corrected chi connectivity index (χ2v) is 5.82. The molecule has 0 fully saturated rings. The number of para-hydroxylation sites is 2. The lowest BCUT2D eigenvalue weighted by molar-refractivity contribution is -0.120. The highest BCUT2D eigenvalue weighted by Gasteiger charge is 2.23. The summed E-state index contributed by atoms with van der Waals surface area (Å²) in [5.74, 6) is -1.13. The van der Waals surface area contributed by atoms with E-state index >= 15 is 0 Å². The Balaban J connectivity index is 1.65. The molecule has 2 heterocycles. The van der Waals surface area contributed by atoms with Crippen molar-refractivity contribution < 1.29 is 4.79 Å². The third-order valence-corrected chi connectivity index (χ3v) is 4.22. The van der Waals surface area contributed by atoms with Crippen LogP contribution in [0.15, 0.2) is 66.9 Å². The van der Waals surface area contributed by atoms with Crippen LogP contribution in [-0.4, -0.2) is 20.5 Å². The van der Waals surface area contributed by atoms with Crippen molar-refractivity contribution in [3.05, 3.63) is 72.6 Å². The highest BCUT2D eigenvalue weighted by Crippen LogP contribution is 2.20. The van der Waals surface area contributed by atoms with Gasteiger partial charge < -0.3 is 0 Å². The van der Waals surface area contributed by atoms with Crippen LogP contribution in [0.1, 0.15) is 11.6 Å². The Labute approximate surface area is 144 Å². The van der Waals surface area contributed by atoms with Gasteiger partial charge in [0.1, 0.15) is 12.5 Å². The quantitative estimate of drug-likeness (QED) is 0.576. The fourth-order valence-corrected chi connectivity index (χ4v) is 2.94. The Morgan fingerprint density at radius 1 is 1.04 bits per heavy atom. The first-order chi connectivity index (χ1) is 12.3. The molecule has 0 saturated carbocycles. The van der Waals surface area contributed by atoms with Crippen LogP contribution in [0, 0.1) is 11.3 Å². The van der Waals surface area contributed by atoms with Gasteiger partial charge in [-0.15, -0.1) is 0 Å². The minimum Gasteiger partial charge on any atom is -0.296 e. The van der Waals surface area contributed by atoms with E-state index in [1.807, 2.05) is 54.6 Å². The zero-order chi connectivity index (χ0) is 17.2. The molecule has 4 aromatic rings. The van der Waals surface area contributed by atoms with E-state index in [0.29, 0.717) is 5.69 Å². The van der Waals surface area contributed by atoms with Gasteiger partial charge in [0.25, 0.3) is 0 Å². The van der Waals surface area contributed by atoms with Gasteiger partial charge >= 0.3 is 0 Å². The summed E-state index contributed by atoms with van der Waals surface area (Å²) in [5, 5.41) is 15.7. The second-order valence-electron chi connectivity index (χ2n) is 5.82. The SMILES string of the molecule is N#C[C@H](C(=O)Cn1ncc2ccccc21)c1ccc2ccccc2n1. The number of fused-ring (bicyclic) bond motifs is 2. The second kappa shape index (κ2) is 6.17. The average Bonchev–Trinajstić information content (AvgIpc) is 3.05. The van der Waals surface area contributed by atoms with Gasteiger partial charge in [-0.05, 0) is 18.2 Å². The maximum absolute atomic E-state index is 12.7. The normalized spacial score (nSPS) is 12.1. The number of hydrogen-bond acceptors (Lipinski definition) is 4. The van der Waals surface area contributed by atoms with Crippen molar-refractivity contribution in [2.75, 3.05) is 0 Å². The lowest BCUT2D eigenvalue weighted by Crippen LogP contribution is -2.19. The number of benzene rings is 2. The third kappa shape index (κ3) is 2.74. The van der Waals surface area contributed by atoms with Crippen LogP contribution in [0.5, 0.6) is 0 Å². The van der Waals surface area contributed by atoms with Crippen LogP contribution < -0.4 is 0 Å². The molecule has 0 aliphatic heterocycles. The van der Waals surface area contributed by atoms with Gasteiger partial charge in [-0.1, -0.05) is 42.5 Å². The molecular formula is C20H14N4O. The number of Topliss-reactive ketones (excluding diaryl/α,β-unsaturated/α-hetero) is 1. The highest BCUT2D eigenvalue weighted by molar-refractivity contribution is 5.90. The Bertz CT molecular complexity index is 1120. The zero-order valence-electron chi connectivity index (χ0n) is 13.3. The summed E-state index contributed by atoms with van der Waals surface area (Å²) in [6.45, 7) is 0.0419. The van der Waals surface area contributed by atoms with E-state index in [1.54, 1.807) is 16.9 Å². The molecule has 0 unspecified atom stereocenters. The Kier molecular flexibility index (Phi) is 3.71. The van der Waals surface area contributed by atoms with Crippen molar-refractivity contribution in [3.8, 4) is 6.07 Å². The first-order valence-electron chi connectivity index (χ1n) is 7.95. The number of aromatic nitrogens is 3. The molecule has 0 saturated heterocycles. The van der Waals surface area contributed by atoms with E-state index in [-0.39, 0.29) is 12.3 Å². The van der Waals surface area contributed by atoms with Gasteiger partial charge in [0.15, 0.2) is 5.78 Å². The predicted molar refractivity (Wildman–Crippen MR) is 94.8 cm³/mol. The Hall–Kier alpha value is -3.52. The lowest BCUT2D eigenvalue weighted by Gasteiger charge is -2.09. The zero-order valence-corrected chi connectivity index (χ0v) is 13.3. The summed E-state index contributed by atoms with van der Waals surface area (Å²) in [4.78, 5) is 17.2. The average molecular weight is 326 g/mol. The molecule has 5 nitrogen and oxygen atoms in total. The molecule has 0 aliphatic carbocycles. The number of carbonyl (C=O) groups is 1. The van der Waals surface area contributed by atoms with Gasteiger partial charge in [-0.3, -0.25) is 14.5 Å². The standard InChI is InChI=1S/C20H14N4O/c21-11-16(18-10-9-14-5-1-3-7-17(14)23-18)20(25)13-24-19-8-4-2-6-15(19)12-22-24/h1-10,12,16H,13H2/t16-/m0/s1. The maximum Gasteiger partial charge on any atom is 0.177 e. The first-order valence-corrected chi connectivity index (χ1v) is 7.95. The van der Waals surface area contributed by atoms with Crippen LogP contribution in [0.4, 0.5) is 0 Å². The molecule has 0 aliphatic rings. The molecule has 0 bridgehead atoms. The molecular weight excluding hydrogens is 312 g/mol. The van der Waals surface area contributed by atoms with Crippen LogP contribution in [0.3, 0.4) is 0 Å². The number of carbonyl (C=O) groups excluding carboxylic acids is 1. The largest absolute Gasteiger partial charge is 0.296 e. The number of pyridine rings is 1. The summed E-state index contributed by atoms with van der Waals surface area (Å²) in [6, 6.07) is 21.0. The maximum atomic E-state index is 12.7. The molecule has 2 aromatic carbocycles. The van der Waals surface area contributed by atoms with E-state index in [2.05, 4.69) is 16.2 Å². The summed E-state index contributed by atoms with van der Waals surface area (Å²) in [5.41, 5.74) is 2.12. The molecule has 0 spiro atoms. The predicted octanol–water partition coefficient (Wildman–Crippen LogP) is 3.46. The Morgan fingerprint density at radius 3 is 2.64 bits per heavy atom. The molecule has 5 heteroatoms. The Morgan fingerprint density at radius 2 is 1.80 bits per heavy atom. The van der Waals surface area contributed by atoms with Gasteiger partial charge in [-0.2, -0.15) is 10.4 Å². The van der Waals surface area contributed by atoms with Crippen LogP contribution >= 0.6 is 0 Å². The van der Waals surface area contributed by atoms with Crippen LogP contribution in [0.25, 0.3) is 21.8 Å². The number of nitrogens with zero attached hydrogens (tertiary/aromatic N) is 4. The number of hydrogen-bond donors (Lipinski definition) is 0. The van der Waals surface area contributed by atoms with E-state index in [0.717, 1.165) is 21.8 Å². The van der Waals surface area contributed by atoms with Gasteiger partial charge in [0, 0.05) is 10.8 Å². The number of ketones is 1. The summed E-state index contributed by atoms with van der Waals surface area (Å²) < 4.78 is 1.63. The third-order valence-electron chi connectivity index (χ3n) is 4.22. The van der Waals surface area contributed by atoms with Gasteiger partial charge in [-0.25, -0.2) is 0 Å². The van der Waals surface area contributed by atoms with Crippen LogP contribution in [-0.2, 0) is 11.3 Å². The topological polar surface area (TPSA) is 71.6 Å². The van der Waals surface area contributed by atoms with Crippen molar-refractivity contribution in [2.24, 2.45) is 0 Å². The lowest BCUT2D eigenvalue weighted by atomic mass is 10.00. The van der Waals surface area contributed by atoms with Crippen molar-refractivity contribution in [1.29, 1.82) is 5.26 Å². The van der Waals surface area contributed by atoms with E-state index < -0.39 is 5.92 Å². The molecule has 0 N–H and O–H groups in total. The number of rotatable bonds is 4. The molecule has 0 radical (unpaired) electrons. The highest BCUT2D eigenvalue weighted by atomic mass is 16.1. The molecule has 2 aromatic heterocycles. The fraction of sp³-hybridized carbons (Fsp3) is 0.100. The van der Waals surface area contributed by atoms with Gasteiger partial charge in [0.05, 0.1) is 29.0 Å². The monoisotopic (exact) mass is 326 g/mol. The van der Waals surface area contributed by atoms with Crippen molar-refractivity contribution in [2.45, 2.75) is 12.5 Å². The molecule has 1 atom stereocenters. The van der Waals surface area contributed by atoms with E-state index in [9.17, 15) is 10.1 Å². The van der Waals surface area contributed by atoms with E-state index in [1.165, 1.54) is 0 Å². The summed E-state index contributed by atoms with van der Waals surface area (Å²) in [6.07, 6.45) is 1.72. The van der Waals surface area contributed by atoms with Crippen LogP contribution in [0.2, 0.25) is 0 Å². The molecule has 4 rings (SSSR count). The molecule has 0 amide bonds. The first kappa shape index (κ1) is 15.0. The summed E-state index contributed by atoms with van der Waals surface area (Å²) >= 11 is 0. The smallest absolute Gasteiger partial charge is 0.177 e. The van der Waals surface area contributed by atoms with Crippen molar-refractivity contribution in [1.82, 2.24) is 14.8 Å². The van der Waals surface area contributed by atoms with Crippen molar-refractivity contribution >= 4 is 27.6 Å². The molecule has 120 valence electrons. The minimum atomic E-state index is -0.910. The minimum absolute atomic E-state index is 0.0419. The number of nitriles is 1.